The van der Waals surface area contributed by atoms with Gasteiger partial charge in [-0.25, -0.2) is 0 Å². The number of carbonyl (C=O) groups is 2. The van der Waals surface area contributed by atoms with E-state index < -0.39 is 5.92 Å². The molecule has 124 valence electrons. The van der Waals surface area contributed by atoms with Crippen molar-refractivity contribution in [2.45, 2.75) is 19.8 Å². The topological polar surface area (TPSA) is 66.6 Å². The fourth-order valence-electron chi connectivity index (χ4n) is 3.41. The van der Waals surface area contributed by atoms with Gasteiger partial charge < -0.3 is 15.5 Å². The summed E-state index contributed by atoms with van der Waals surface area (Å²) < 4.78 is 0. The van der Waals surface area contributed by atoms with Crippen LogP contribution < -0.4 is 10.6 Å². The molecule has 2 heterocycles. The first-order valence-corrected chi connectivity index (χ1v) is 8.37. The van der Waals surface area contributed by atoms with Crippen LogP contribution >= 0.6 is 11.6 Å². The molecule has 2 unspecified atom stereocenters. The zero-order chi connectivity index (χ0) is 16.6. The van der Waals surface area contributed by atoms with Crippen molar-refractivity contribution in [1.29, 1.82) is 0 Å². The van der Waals surface area contributed by atoms with Crippen LogP contribution in [0.1, 0.15) is 19.8 Å². The van der Waals surface area contributed by atoms with Crippen LogP contribution in [-0.2, 0) is 9.59 Å². The summed E-state index contributed by atoms with van der Waals surface area (Å²) in [4.78, 5) is 28.8. The van der Waals surface area contributed by atoms with Gasteiger partial charge in [-0.2, -0.15) is 0 Å². The molecule has 2 aliphatic rings. The molecule has 2 aliphatic heterocycles. The van der Waals surface area contributed by atoms with Crippen LogP contribution in [0.5, 0.6) is 0 Å². The molecular weight excluding hydrogens is 314 g/mol. The molecule has 1 aromatic rings. The Bertz CT molecular complexity index is 636. The average molecular weight is 336 g/mol. The van der Waals surface area contributed by atoms with Crippen molar-refractivity contribution < 1.29 is 9.59 Å². The first-order chi connectivity index (χ1) is 10.9. The molecule has 2 atom stereocenters. The molecule has 0 aliphatic carbocycles. The molecule has 23 heavy (non-hydrogen) atoms. The molecule has 5 nitrogen and oxygen atoms in total. The Morgan fingerprint density at radius 3 is 2.87 bits per heavy atom. The fourth-order valence-corrected chi connectivity index (χ4v) is 3.59. The Kier molecular flexibility index (Phi) is 4.34. The van der Waals surface area contributed by atoms with Crippen LogP contribution in [0.3, 0.4) is 0 Å². The largest absolute Gasteiger partial charge is 0.341 e. The summed E-state index contributed by atoms with van der Waals surface area (Å²) in [5, 5.41) is 0.586. The number of anilines is 1. The van der Waals surface area contributed by atoms with E-state index in [4.69, 9.17) is 17.3 Å². The molecule has 2 N–H and O–H groups in total. The second kappa shape index (κ2) is 6.13. The van der Waals surface area contributed by atoms with Gasteiger partial charge in [0.05, 0.1) is 0 Å². The van der Waals surface area contributed by atoms with Gasteiger partial charge in [0.25, 0.3) is 0 Å². The number of benzene rings is 1. The van der Waals surface area contributed by atoms with Crippen LogP contribution in [0.25, 0.3) is 0 Å². The molecule has 2 amide bonds. The molecule has 2 saturated heterocycles. The van der Waals surface area contributed by atoms with Crippen molar-refractivity contribution in [3.8, 4) is 0 Å². The number of nitrogens with zero attached hydrogens (tertiary/aromatic N) is 2. The summed E-state index contributed by atoms with van der Waals surface area (Å²) in [5.74, 6) is -0.760. The Balaban J connectivity index is 1.71. The highest BCUT2D eigenvalue weighted by molar-refractivity contribution is 6.31. The van der Waals surface area contributed by atoms with E-state index in [0.29, 0.717) is 37.6 Å². The lowest BCUT2D eigenvalue weighted by Gasteiger charge is -2.24. The van der Waals surface area contributed by atoms with Gasteiger partial charge in [-0.3, -0.25) is 9.59 Å². The number of rotatable bonds is 3. The van der Waals surface area contributed by atoms with Crippen LogP contribution in [-0.4, -0.2) is 42.9 Å². The number of carbonyl (C=O) groups excluding carboxylic acids is 2. The van der Waals surface area contributed by atoms with Crippen molar-refractivity contribution in [2.24, 2.45) is 17.1 Å². The van der Waals surface area contributed by atoms with Gasteiger partial charge in [0.15, 0.2) is 0 Å². The molecule has 0 saturated carbocycles. The van der Waals surface area contributed by atoms with Crippen molar-refractivity contribution in [3.05, 3.63) is 29.3 Å². The lowest BCUT2D eigenvalue weighted by Crippen LogP contribution is -2.40. The highest BCUT2D eigenvalue weighted by Crippen LogP contribution is 2.33. The fraction of sp³-hybridized carbons (Fsp3) is 0.529. The molecule has 0 aromatic heterocycles. The van der Waals surface area contributed by atoms with Crippen molar-refractivity contribution in [3.63, 3.8) is 0 Å². The van der Waals surface area contributed by atoms with Gasteiger partial charge >= 0.3 is 0 Å². The normalized spacial score (nSPS) is 27.8. The van der Waals surface area contributed by atoms with Crippen molar-refractivity contribution >= 4 is 29.1 Å². The van der Waals surface area contributed by atoms with E-state index in [1.807, 2.05) is 12.1 Å². The Morgan fingerprint density at radius 1 is 1.43 bits per heavy atom. The zero-order valence-electron chi connectivity index (χ0n) is 13.3. The lowest BCUT2D eigenvalue weighted by molar-refractivity contribution is -0.139. The second-order valence-electron chi connectivity index (χ2n) is 6.84. The van der Waals surface area contributed by atoms with Gasteiger partial charge in [0.2, 0.25) is 11.8 Å². The van der Waals surface area contributed by atoms with Crippen LogP contribution in [0, 0.1) is 11.3 Å². The lowest BCUT2D eigenvalue weighted by atomic mass is 9.90. The minimum Gasteiger partial charge on any atom is -0.341 e. The predicted octanol–water partition coefficient (Wildman–Crippen LogP) is 1.89. The van der Waals surface area contributed by atoms with Crippen LogP contribution in [0.4, 0.5) is 5.69 Å². The molecule has 3 rings (SSSR count). The summed E-state index contributed by atoms with van der Waals surface area (Å²) in [5.41, 5.74) is 6.53. The van der Waals surface area contributed by atoms with E-state index in [1.165, 1.54) is 0 Å². The standard InChI is InChI=1S/C17H22ClN3O2/c1-17(10-19)6-8-20(11-17)15(22)14-5-7-21(16(14)23)13-4-2-3-12(18)9-13/h2-4,9,14H,5-8,10-11,19H2,1H3. The van der Waals surface area contributed by atoms with E-state index in [1.54, 1.807) is 21.9 Å². The molecule has 6 heteroatoms. The maximum absolute atomic E-state index is 12.7. The highest BCUT2D eigenvalue weighted by atomic mass is 35.5. The maximum atomic E-state index is 12.7. The Morgan fingerprint density at radius 2 is 2.22 bits per heavy atom. The number of amides is 2. The molecule has 0 radical (unpaired) electrons. The predicted molar refractivity (Wildman–Crippen MR) is 90.3 cm³/mol. The zero-order valence-corrected chi connectivity index (χ0v) is 14.1. The molecular formula is C17H22ClN3O2. The van der Waals surface area contributed by atoms with Gasteiger partial charge in [-0.15, -0.1) is 0 Å². The smallest absolute Gasteiger partial charge is 0.239 e. The van der Waals surface area contributed by atoms with E-state index in [2.05, 4.69) is 6.92 Å². The highest BCUT2D eigenvalue weighted by Gasteiger charge is 2.43. The summed E-state index contributed by atoms with van der Waals surface area (Å²) in [6.07, 6.45) is 1.45. The minimum absolute atomic E-state index is 0.0239. The monoisotopic (exact) mass is 335 g/mol. The Hall–Kier alpha value is -1.59. The summed E-state index contributed by atoms with van der Waals surface area (Å²) in [6, 6.07) is 7.19. The third-order valence-corrected chi connectivity index (χ3v) is 5.22. The SMILES string of the molecule is CC1(CN)CCN(C(=O)C2CCN(c3cccc(Cl)c3)C2=O)C1. The number of nitrogens with two attached hydrogens (primary N) is 1. The quantitative estimate of drug-likeness (QED) is 0.858. The summed E-state index contributed by atoms with van der Waals surface area (Å²) >= 11 is 6.00. The number of hydrogen-bond donors (Lipinski definition) is 1. The minimum atomic E-state index is -0.575. The maximum Gasteiger partial charge on any atom is 0.239 e. The third-order valence-electron chi connectivity index (χ3n) is 4.99. The number of likely N-dealkylation sites (tertiary alicyclic amines) is 1. The van der Waals surface area contributed by atoms with Gasteiger partial charge in [-0.1, -0.05) is 24.6 Å². The summed E-state index contributed by atoms with van der Waals surface area (Å²) in [6.45, 7) is 4.54. The Labute approximate surface area is 141 Å². The first kappa shape index (κ1) is 16.3. The van der Waals surface area contributed by atoms with E-state index in [9.17, 15) is 9.59 Å². The molecule has 0 bridgehead atoms. The third kappa shape index (κ3) is 3.08. The van der Waals surface area contributed by atoms with Crippen LogP contribution in [0.2, 0.25) is 5.02 Å². The number of halogens is 1. The van der Waals surface area contributed by atoms with Crippen molar-refractivity contribution in [1.82, 2.24) is 4.90 Å². The van der Waals surface area contributed by atoms with E-state index in [0.717, 1.165) is 12.1 Å². The second-order valence-corrected chi connectivity index (χ2v) is 7.27. The van der Waals surface area contributed by atoms with Crippen molar-refractivity contribution in [2.75, 3.05) is 31.1 Å². The van der Waals surface area contributed by atoms with Gasteiger partial charge in [0.1, 0.15) is 5.92 Å². The first-order valence-electron chi connectivity index (χ1n) is 7.99. The molecule has 1 aromatic carbocycles. The van der Waals surface area contributed by atoms with Gasteiger partial charge in [0, 0.05) is 30.3 Å². The molecule has 2 fully saturated rings. The average Bonchev–Trinajstić information content (AvgIpc) is 3.11. The summed E-state index contributed by atoms with van der Waals surface area (Å²) in [7, 11) is 0. The number of hydrogen-bond acceptors (Lipinski definition) is 3. The van der Waals surface area contributed by atoms with Gasteiger partial charge in [-0.05, 0) is 43.0 Å². The van der Waals surface area contributed by atoms with E-state index >= 15 is 0 Å². The van der Waals surface area contributed by atoms with Crippen LogP contribution in [0.15, 0.2) is 24.3 Å². The van der Waals surface area contributed by atoms with E-state index in [-0.39, 0.29) is 17.2 Å². The molecule has 0 spiro atoms.